The van der Waals surface area contributed by atoms with Crippen LogP contribution in [0.1, 0.15) is 18.8 Å². The predicted octanol–water partition coefficient (Wildman–Crippen LogP) is 4.55. The van der Waals surface area contributed by atoms with E-state index < -0.39 is 17.5 Å². The lowest BCUT2D eigenvalue weighted by Gasteiger charge is -2.20. The molecule has 0 saturated carbocycles. The van der Waals surface area contributed by atoms with Crippen LogP contribution in [0.25, 0.3) is 5.69 Å². The van der Waals surface area contributed by atoms with Crippen molar-refractivity contribution in [3.05, 3.63) is 64.9 Å². The molecule has 6 nitrogen and oxygen atoms in total. The second-order valence-corrected chi connectivity index (χ2v) is 8.13. The molecule has 0 aliphatic rings. The topological polar surface area (TPSA) is 63.1 Å². The number of nitrogens with zero attached hydrogens (tertiary/aromatic N) is 4. The average molecular weight is 452 g/mol. The van der Waals surface area contributed by atoms with Gasteiger partial charge in [0.05, 0.1) is 17.5 Å². The largest absolute Gasteiger partial charge is 0.323 e. The Morgan fingerprint density at radius 1 is 1.20 bits per heavy atom. The van der Waals surface area contributed by atoms with Gasteiger partial charge < -0.3 is 5.32 Å². The van der Waals surface area contributed by atoms with Crippen molar-refractivity contribution in [3.8, 4) is 5.69 Å². The third-order valence-corrected chi connectivity index (χ3v) is 5.61. The third-order valence-electron chi connectivity index (χ3n) is 4.43. The highest BCUT2D eigenvalue weighted by Crippen LogP contribution is 2.27. The van der Waals surface area contributed by atoms with Crippen LogP contribution in [0.3, 0.4) is 0 Å². The highest BCUT2D eigenvalue weighted by Gasteiger charge is 2.21. The fourth-order valence-electron chi connectivity index (χ4n) is 2.62. The van der Waals surface area contributed by atoms with Crippen LogP contribution >= 0.6 is 23.4 Å². The monoisotopic (exact) mass is 451 g/mol. The summed E-state index contributed by atoms with van der Waals surface area (Å²) in [6, 6.07) is 10.0. The van der Waals surface area contributed by atoms with Crippen LogP contribution < -0.4 is 5.32 Å². The van der Waals surface area contributed by atoms with Crippen molar-refractivity contribution in [1.82, 2.24) is 19.7 Å². The van der Waals surface area contributed by atoms with Gasteiger partial charge in [-0.25, -0.2) is 8.78 Å². The van der Waals surface area contributed by atoms with Gasteiger partial charge in [0.1, 0.15) is 11.6 Å². The van der Waals surface area contributed by atoms with Gasteiger partial charge >= 0.3 is 0 Å². The Hall–Kier alpha value is -2.49. The second kappa shape index (κ2) is 9.55. The van der Waals surface area contributed by atoms with Gasteiger partial charge in [-0.15, -0.1) is 10.2 Å². The summed E-state index contributed by atoms with van der Waals surface area (Å²) in [4.78, 5) is 14.3. The molecule has 0 bridgehead atoms. The van der Waals surface area contributed by atoms with Crippen LogP contribution in [0.15, 0.2) is 47.6 Å². The van der Waals surface area contributed by atoms with E-state index >= 15 is 0 Å². The molecule has 1 N–H and O–H groups in total. The van der Waals surface area contributed by atoms with Gasteiger partial charge in [-0.1, -0.05) is 23.4 Å². The Bertz CT molecular complexity index is 1040. The molecule has 0 saturated heterocycles. The van der Waals surface area contributed by atoms with Crippen molar-refractivity contribution in [2.45, 2.75) is 18.1 Å². The lowest BCUT2D eigenvalue weighted by atomic mass is 10.2. The summed E-state index contributed by atoms with van der Waals surface area (Å²) in [5.74, 6) is -1.19. The standard InChI is InChI=1S/C20H20ClF2N5OS/c1-12(27(2)3)19-25-26-20(28(19)15-7-4-13(21)5-8-15)30-11-18(29)24-17-10-14(22)6-9-16(17)23/h4-10,12H,11H2,1-3H3,(H,24,29). The normalized spacial score (nSPS) is 12.2. The predicted molar refractivity (Wildman–Crippen MR) is 114 cm³/mol. The van der Waals surface area contributed by atoms with Gasteiger partial charge in [-0.05, 0) is 57.4 Å². The zero-order valence-electron chi connectivity index (χ0n) is 16.6. The van der Waals surface area contributed by atoms with Crippen LogP contribution in [0, 0.1) is 11.6 Å². The van der Waals surface area contributed by atoms with Gasteiger partial charge in [-0.3, -0.25) is 14.3 Å². The maximum Gasteiger partial charge on any atom is 0.234 e. The number of halogens is 3. The molecule has 1 amide bonds. The molecule has 158 valence electrons. The van der Waals surface area contributed by atoms with Crippen molar-refractivity contribution in [1.29, 1.82) is 0 Å². The summed E-state index contributed by atoms with van der Waals surface area (Å²) in [7, 11) is 3.86. The molecule has 0 radical (unpaired) electrons. The number of hydrogen-bond acceptors (Lipinski definition) is 5. The molecule has 10 heteroatoms. The summed E-state index contributed by atoms with van der Waals surface area (Å²) < 4.78 is 28.9. The SMILES string of the molecule is CC(c1nnc(SCC(=O)Nc2cc(F)ccc2F)n1-c1ccc(Cl)cc1)N(C)C. The number of thioether (sulfide) groups is 1. The van der Waals surface area contributed by atoms with Crippen LogP contribution in [0.5, 0.6) is 0 Å². The molecule has 3 rings (SSSR count). The van der Waals surface area contributed by atoms with Crippen LogP contribution in [0.2, 0.25) is 5.02 Å². The molecular formula is C20H20ClF2N5OS. The van der Waals surface area contributed by atoms with E-state index in [1.54, 1.807) is 12.1 Å². The maximum atomic E-state index is 13.7. The third kappa shape index (κ3) is 5.16. The summed E-state index contributed by atoms with van der Waals surface area (Å²) >= 11 is 7.15. The van der Waals surface area contributed by atoms with Gasteiger partial charge in [0.25, 0.3) is 0 Å². The first-order chi connectivity index (χ1) is 14.3. The fourth-order valence-corrected chi connectivity index (χ4v) is 3.50. The summed E-state index contributed by atoms with van der Waals surface area (Å²) in [6.45, 7) is 1.99. The Balaban J connectivity index is 1.82. The summed E-state index contributed by atoms with van der Waals surface area (Å²) in [5, 5.41) is 12.0. The van der Waals surface area contributed by atoms with Crippen molar-refractivity contribution in [2.24, 2.45) is 0 Å². The molecular weight excluding hydrogens is 432 g/mol. The zero-order valence-corrected chi connectivity index (χ0v) is 18.1. The number of anilines is 1. The maximum absolute atomic E-state index is 13.7. The molecule has 1 heterocycles. The minimum absolute atomic E-state index is 0.0438. The number of rotatable bonds is 7. The Morgan fingerprint density at radius 2 is 1.90 bits per heavy atom. The van der Waals surface area contributed by atoms with Gasteiger partial charge in [0, 0.05) is 16.8 Å². The van der Waals surface area contributed by atoms with Crippen LogP contribution in [-0.2, 0) is 4.79 Å². The van der Waals surface area contributed by atoms with Gasteiger partial charge in [-0.2, -0.15) is 0 Å². The number of hydrogen-bond donors (Lipinski definition) is 1. The first kappa shape index (κ1) is 22.2. The number of carbonyl (C=O) groups excluding carboxylic acids is 1. The summed E-state index contributed by atoms with van der Waals surface area (Å²) in [5.41, 5.74) is 0.592. The minimum Gasteiger partial charge on any atom is -0.323 e. The highest BCUT2D eigenvalue weighted by atomic mass is 35.5. The van der Waals surface area contributed by atoms with E-state index in [1.165, 1.54) is 0 Å². The molecule has 0 spiro atoms. The molecule has 0 aliphatic heterocycles. The Labute approximate surface area is 182 Å². The van der Waals surface area contributed by atoms with Crippen LogP contribution in [-0.4, -0.2) is 45.4 Å². The summed E-state index contributed by atoms with van der Waals surface area (Å²) in [6.07, 6.45) is 0. The molecule has 0 fully saturated rings. The van der Waals surface area contributed by atoms with Crippen LogP contribution in [0.4, 0.5) is 14.5 Å². The van der Waals surface area contributed by atoms with E-state index in [4.69, 9.17) is 11.6 Å². The van der Waals surface area contributed by atoms with Crippen molar-refractivity contribution >= 4 is 35.0 Å². The minimum atomic E-state index is -0.707. The number of carbonyl (C=O) groups is 1. The van der Waals surface area contributed by atoms with Gasteiger partial charge in [0.15, 0.2) is 11.0 Å². The highest BCUT2D eigenvalue weighted by molar-refractivity contribution is 7.99. The number of amides is 1. The number of aromatic nitrogens is 3. The van der Waals surface area contributed by atoms with E-state index in [2.05, 4.69) is 15.5 Å². The molecule has 1 unspecified atom stereocenters. The van der Waals surface area contributed by atoms with E-state index in [0.717, 1.165) is 35.6 Å². The van der Waals surface area contributed by atoms with E-state index in [0.29, 0.717) is 16.0 Å². The lowest BCUT2D eigenvalue weighted by Crippen LogP contribution is -2.21. The first-order valence-corrected chi connectivity index (χ1v) is 10.4. The molecule has 2 aromatic carbocycles. The smallest absolute Gasteiger partial charge is 0.234 e. The molecule has 30 heavy (non-hydrogen) atoms. The lowest BCUT2D eigenvalue weighted by molar-refractivity contribution is -0.113. The Morgan fingerprint density at radius 3 is 2.57 bits per heavy atom. The molecule has 3 aromatic rings. The first-order valence-electron chi connectivity index (χ1n) is 9.01. The number of benzene rings is 2. The van der Waals surface area contributed by atoms with Gasteiger partial charge in [0.2, 0.25) is 5.91 Å². The Kier molecular flexibility index (Phi) is 7.06. The van der Waals surface area contributed by atoms with E-state index in [-0.39, 0.29) is 17.5 Å². The van der Waals surface area contributed by atoms with Crippen molar-refractivity contribution in [2.75, 3.05) is 25.2 Å². The van der Waals surface area contributed by atoms with E-state index in [1.807, 2.05) is 42.6 Å². The number of nitrogens with one attached hydrogen (secondary N) is 1. The molecule has 0 aliphatic carbocycles. The fraction of sp³-hybridized carbons (Fsp3) is 0.250. The van der Waals surface area contributed by atoms with E-state index in [9.17, 15) is 13.6 Å². The molecule has 1 aromatic heterocycles. The zero-order chi connectivity index (χ0) is 21.8. The second-order valence-electron chi connectivity index (χ2n) is 6.75. The van der Waals surface area contributed by atoms with Crippen molar-refractivity contribution in [3.63, 3.8) is 0 Å². The van der Waals surface area contributed by atoms with Crippen molar-refractivity contribution < 1.29 is 13.6 Å². The molecule has 1 atom stereocenters. The quantitative estimate of drug-likeness (QED) is 0.534. The average Bonchev–Trinajstić information content (AvgIpc) is 3.13.